The number of thiazole rings is 1. The summed E-state index contributed by atoms with van der Waals surface area (Å²) in [6.45, 7) is 4.17. The van der Waals surface area contributed by atoms with E-state index in [1.54, 1.807) is 29.2 Å². The molecule has 2 aromatic carbocycles. The van der Waals surface area contributed by atoms with Crippen molar-refractivity contribution < 1.29 is 14.0 Å². The van der Waals surface area contributed by atoms with Crippen LogP contribution in [-0.4, -0.2) is 29.9 Å². The highest BCUT2D eigenvalue weighted by Gasteiger charge is 2.38. The maximum absolute atomic E-state index is 14.1. The number of anilines is 2. The molecular weight excluding hydrogens is 401 g/mol. The maximum Gasteiger partial charge on any atom is 0.234 e. The monoisotopic (exact) mass is 421 g/mol. The number of amides is 2. The van der Waals surface area contributed by atoms with Crippen molar-refractivity contribution in [2.75, 3.05) is 22.9 Å². The second-order valence-corrected chi connectivity index (χ2v) is 7.81. The summed E-state index contributed by atoms with van der Waals surface area (Å²) < 4.78 is 14.1. The zero-order valence-electron chi connectivity index (χ0n) is 16.2. The predicted molar refractivity (Wildman–Crippen MR) is 117 cm³/mol. The molecular formula is C23H20FN3O2S. The first-order chi connectivity index (χ1) is 14.6. The molecule has 2 heterocycles. The Kier molecular flexibility index (Phi) is 5.72. The van der Waals surface area contributed by atoms with Gasteiger partial charge in [-0.2, -0.15) is 0 Å². The van der Waals surface area contributed by atoms with Gasteiger partial charge in [0.2, 0.25) is 11.8 Å². The molecule has 1 aliphatic heterocycles. The second kappa shape index (κ2) is 8.59. The fourth-order valence-corrected chi connectivity index (χ4v) is 4.37. The van der Waals surface area contributed by atoms with Crippen LogP contribution >= 0.6 is 11.3 Å². The number of rotatable bonds is 6. The van der Waals surface area contributed by atoms with Gasteiger partial charge >= 0.3 is 0 Å². The van der Waals surface area contributed by atoms with E-state index < -0.39 is 11.7 Å². The zero-order chi connectivity index (χ0) is 21.1. The van der Waals surface area contributed by atoms with Gasteiger partial charge in [-0.15, -0.1) is 17.9 Å². The Morgan fingerprint density at radius 3 is 2.70 bits per heavy atom. The van der Waals surface area contributed by atoms with Crippen molar-refractivity contribution in [1.82, 2.24) is 4.98 Å². The first-order valence-corrected chi connectivity index (χ1v) is 10.4. The fourth-order valence-electron chi connectivity index (χ4n) is 3.52. The molecule has 2 amide bonds. The van der Waals surface area contributed by atoms with Gasteiger partial charge in [0.05, 0.1) is 17.3 Å². The van der Waals surface area contributed by atoms with Gasteiger partial charge in [-0.3, -0.25) is 14.5 Å². The molecule has 0 spiro atoms. The normalized spacial score (nSPS) is 16.0. The third-order valence-corrected chi connectivity index (χ3v) is 5.85. The molecule has 0 bridgehead atoms. The van der Waals surface area contributed by atoms with Crippen LogP contribution in [0.1, 0.15) is 6.42 Å². The van der Waals surface area contributed by atoms with E-state index in [2.05, 4.69) is 11.6 Å². The molecule has 1 aromatic heterocycles. The first-order valence-electron chi connectivity index (χ1n) is 9.56. The lowest BCUT2D eigenvalue weighted by Crippen LogP contribution is -2.37. The minimum Gasteiger partial charge on any atom is -0.309 e. The summed E-state index contributed by atoms with van der Waals surface area (Å²) in [4.78, 5) is 33.3. The number of carbonyl (C=O) groups excluding carboxylic acids is 2. The average Bonchev–Trinajstić information content (AvgIpc) is 3.40. The number of aromatic nitrogens is 1. The highest BCUT2D eigenvalue weighted by molar-refractivity contribution is 7.14. The SMILES string of the molecule is C=CCN(C(=O)[C@H]1CC(=O)N(c2ccccc2F)C1)c1nc(-c2ccccc2)cs1. The van der Waals surface area contributed by atoms with Gasteiger partial charge in [-0.05, 0) is 12.1 Å². The molecule has 1 atom stereocenters. The summed E-state index contributed by atoms with van der Waals surface area (Å²) in [5, 5.41) is 2.45. The lowest BCUT2D eigenvalue weighted by atomic mass is 10.1. The van der Waals surface area contributed by atoms with E-state index in [4.69, 9.17) is 0 Å². The molecule has 3 aromatic rings. The topological polar surface area (TPSA) is 53.5 Å². The maximum atomic E-state index is 14.1. The van der Waals surface area contributed by atoms with Crippen molar-refractivity contribution in [3.8, 4) is 11.3 Å². The molecule has 4 rings (SSSR count). The van der Waals surface area contributed by atoms with Gasteiger partial charge in [0.1, 0.15) is 5.82 Å². The molecule has 0 radical (unpaired) electrons. The molecule has 0 unspecified atom stereocenters. The lowest BCUT2D eigenvalue weighted by molar-refractivity contribution is -0.124. The molecule has 0 aliphatic carbocycles. The van der Waals surface area contributed by atoms with E-state index >= 15 is 0 Å². The standard InChI is InChI=1S/C23H20FN3O2S/c1-2-12-26(23-25-19(15-30-23)16-8-4-3-5-9-16)22(29)17-13-21(28)27(14-17)20-11-7-6-10-18(20)24/h2-11,15,17H,1,12-14H2/t17-/m0/s1. The zero-order valence-corrected chi connectivity index (χ0v) is 17.0. The minimum absolute atomic E-state index is 0.0394. The van der Waals surface area contributed by atoms with Gasteiger partial charge < -0.3 is 4.90 Å². The molecule has 1 saturated heterocycles. The molecule has 1 fully saturated rings. The van der Waals surface area contributed by atoms with Gasteiger partial charge in [0.25, 0.3) is 0 Å². The summed E-state index contributed by atoms with van der Waals surface area (Å²) in [5.41, 5.74) is 1.95. The molecule has 152 valence electrons. The number of hydrogen-bond donors (Lipinski definition) is 0. The average molecular weight is 421 g/mol. The Bertz CT molecular complexity index is 1080. The van der Waals surface area contributed by atoms with Crippen LogP contribution in [0.4, 0.5) is 15.2 Å². The van der Waals surface area contributed by atoms with E-state index in [-0.39, 0.29) is 37.0 Å². The van der Waals surface area contributed by atoms with E-state index in [1.165, 1.54) is 22.3 Å². The van der Waals surface area contributed by atoms with Crippen LogP contribution in [0.2, 0.25) is 0 Å². The summed E-state index contributed by atoms with van der Waals surface area (Å²) in [7, 11) is 0. The third-order valence-electron chi connectivity index (χ3n) is 4.99. The van der Waals surface area contributed by atoms with Crippen LogP contribution < -0.4 is 9.80 Å². The van der Waals surface area contributed by atoms with Crippen molar-refractivity contribution in [1.29, 1.82) is 0 Å². The summed E-state index contributed by atoms with van der Waals surface area (Å²) in [6.07, 6.45) is 1.67. The number of para-hydroxylation sites is 1. The first kappa shape index (κ1) is 20.0. The Labute approximate surface area is 178 Å². The molecule has 0 N–H and O–H groups in total. The number of hydrogen-bond acceptors (Lipinski definition) is 4. The summed E-state index contributed by atoms with van der Waals surface area (Å²) in [5.74, 6) is -1.52. The van der Waals surface area contributed by atoms with E-state index in [0.29, 0.717) is 5.13 Å². The van der Waals surface area contributed by atoms with Crippen LogP contribution in [0.25, 0.3) is 11.3 Å². The van der Waals surface area contributed by atoms with Crippen molar-refractivity contribution in [3.05, 3.63) is 78.4 Å². The molecule has 7 heteroatoms. The second-order valence-electron chi connectivity index (χ2n) is 6.98. The largest absolute Gasteiger partial charge is 0.309 e. The Hall–Kier alpha value is -3.32. The van der Waals surface area contributed by atoms with Crippen LogP contribution in [0.3, 0.4) is 0 Å². The van der Waals surface area contributed by atoms with E-state index in [1.807, 2.05) is 35.7 Å². The van der Waals surface area contributed by atoms with Crippen LogP contribution in [0.15, 0.2) is 72.6 Å². The predicted octanol–water partition coefficient (Wildman–Crippen LogP) is 4.52. The third kappa shape index (κ3) is 3.89. The molecule has 1 aliphatic rings. The minimum atomic E-state index is -0.568. The van der Waals surface area contributed by atoms with Crippen molar-refractivity contribution in [2.45, 2.75) is 6.42 Å². The molecule has 30 heavy (non-hydrogen) atoms. The van der Waals surface area contributed by atoms with Gasteiger partial charge in [-0.25, -0.2) is 9.37 Å². The fraction of sp³-hybridized carbons (Fsp3) is 0.174. The van der Waals surface area contributed by atoms with Crippen LogP contribution in [0.5, 0.6) is 0 Å². The summed E-state index contributed by atoms with van der Waals surface area (Å²) in [6, 6.07) is 15.8. The highest BCUT2D eigenvalue weighted by Crippen LogP contribution is 2.32. The Balaban J connectivity index is 1.56. The lowest BCUT2D eigenvalue weighted by Gasteiger charge is -2.22. The van der Waals surface area contributed by atoms with Crippen LogP contribution in [0, 0.1) is 11.7 Å². The van der Waals surface area contributed by atoms with Crippen molar-refractivity contribution in [3.63, 3.8) is 0 Å². The molecule has 0 saturated carbocycles. The highest BCUT2D eigenvalue weighted by atomic mass is 32.1. The number of benzene rings is 2. The smallest absolute Gasteiger partial charge is 0.234 e. The number of carbonyl (C=O) groups is 2. The van der Waals surface area contributed by atoms with Crippen molar-refractivity contribution in [2.24, 2.45) is 5.92 Å². The van der Waals surface area contributed by atoms with E-state index in [9.17, 15) is 14.0 Å². The van der Waals surface area contributed by atoms with Gasteiger partial charge in [0.15, 0.2) is 5.13 Å². The Morgan fingerprint density at radius 1 is 1.23 bits per heavy atom. The van der Waals surface area contributed by atoms with Gasteiger partial charge in [0, 0.05) is 30.5 Å². The Morgan fingerprint density at radius 2 is 1.97 bits per heavy atom. The van der Waals surface area contributed by atoms with Crippen LogP contribution in [-0.2, 0) is 9.59 Å². The number of nitrogens with zero attached hydrogens (tertiary/aromatic N) is 3. The van der Waals surface area contributed by atoms with E-state index in [0.717, 1.165) is 11.3 Å². The summed E-state index contributed by atoms with van der Waals surface area (Å²) >= 11 is 1.37. The van der Waals surface area contributed by atoms with Crippen molar-refractivity contribution >= 4 is 34.0 Å². The van der Waals surface area contributed by atoms with Gasteiger partial charge in [-0.1, -0.05) is 48.5 Å². The quantitative estimate of drug-likeness (QED) is 0.550. The number of halogens is 1. The molecule has 5 nitrogen and oxygen atoms in total.